The van der Waals surface area contributed by atoms with Crippen molar-refractivity contribution >= 4 is 21.6 Å². The molecule has 31 heavy (non-hydrogen) atoms. The molecule has 0 atom stereocenters. The van der Waals surface area contributed by atoms with Crippen molar-refractivity contribution in [1.82, 2.24) is 5.32 Å². The van der Waals surface area contributed by atoms with E-state index in [4.69, 9.17) is 4.74 Å². The maximum Gasteiger partial charge on any atom is 0.251 e. The molecule has 8 heteroatoms. The van der Waals surface area contributed by atoms with Gasteiger partial charge in [0, 0.05) is 11.1 Å². The van der Waals surface area contributed by atoms with Crippen molar-refractivity contribution in [3.05, 3.63) is 95.8 Å². The summed E-state index contributed by atoms with van der Waals surface area (Å²) < 4.78 is 45.2. The lowest BCUT2D eigenvalue weighted by Gasteiger charge is -2.23. The Balaban J connectivity index is 1.62. The second-order valence-electron chi connectivity index (χ2n) is 6.83. The molecule has 0 saturated heterocycles. The smallest absolute Gasteiger partial charge is 0.251 e. The van der Waals surface area contributed by atoms with Gasteiger partial charge in [0.05, 0.1) is 25.0 Å². The lowest BCUT2D eigenvalue weighted by atomic mass is 10.1. The normalized spacial score (nSPS) is 11.0. The highest BCUT2D eigenvalue weighted by Gasteiger charge is 2.19. The first-order chi connectivity index (χ1) is 14.8. The van der Waals surface area contributed by atoms with Crippen molar-refractivity contribution in [2.45, 2.75) is 6.54 Å². The van der Waals surface area contributed by atoms with Gasteiger partial charge in [0.15, 0.2) is 0 Å². The lowest BCUT2D eigenvalue weighted by molar-refractivity contribution is 0.0947. The van der Waals surface area contributed by atoms with Crippen LogP contribution in [0.2, 0.25) is 0 Å². The molecule has 0 radical (unpaired) electrons. The second kappa shape index (κ2) is 10.1. The number of rotatable bonds is 9. The number of hydrogen-bond donors (Lipinski definition) is 1. The molecule has 3 aromatic carbocycles. The van der Waals surface area contributed by atoms with Crippen LogP contribution in [0.4, 0.5) is 10.1 Å². The van der Waals surface area contributed by atoms with E-state index in [9.17, 15) is 17.6 Å². The van der Waals surface area contributed by atoms with E-state index in [2.05, 4.69) is 5.32 Å². The van der Waals surface area contributed by atoms with Gasteiger partial charge in [0.2, 0.25) is 10.0 Å². The number of carbonyl (C=O) groups excluding carboxylic acids is 1. The summed E-state index contributed by atoms with van der Waals surface area (Å²) in [7, 11) is -3.66. The number of ether oxygens (including phenoxy) is 1. The second-order valence-corrected chi connectivity index (χ2v) is 8.73. The first-order valence-electron chi connectivity index (χ1n) is 9.62. The summed E-state index contributed by atoms with van der Waals surface area (Å²) in [6.45, 7) is 0.491. The van der Waals surface area contributed by atoms with Gasteiger partial charge >= 0.3 is 0 Å². The number of carbonyl (C=O) groups is 1. The van der Waals surface area contributed by atoms with Crippen LogP contribution in [-0.4, -0.2) is 33.7 Å². The number of nitrogens with zero attached hydrogens (tertiary/aromatic N) is 1. The molecule has 0 aromatic heterocycles. The van der Waals surface area contributed by atoms with Crippen molar-refractivity contribution in [1.29, 1.82) is 0 Å². The standard InChI is InChI=1S/C23H23FN2O4S/c1-31(28,29)26(17-19-7-5-6-10-22(19)24)20-13-11-18(12-14-20)23(27)25-15-16-30-21-8-3-2-4-9-21/h2-14H,15-17H2,1H3,(H,25,27). The van der Waals surface area contributed by atoms with E-state index < -0.39 is 15.8 Å². The Bertz CT molecular complexity index is 1120. The van der Waals surface area contributed by atoms with E-state index >= 15 is 0 Å². The summed E-state index contributed by atoms with van der Waals surface area (Å²) in [5, 5.41) is 2.75. The molecule has 0 fully saturated rings. The minimum absolute atomic E-state index is 0.145. The summed E-state index contributed by atoms with van der Waals surface area (Å²) in [5.41, 5.74) is 0.977. The fourth-order valence-electron chi connectivity index (χ4n) is 2.91. The van der Waals surface area contributed by atoms with Crippen LogP contribution in [0.1, 0.15) is 15.9 Å². The van der Waals surface area contributed by atoms with Gasteiger partial charge in [-0.15, -0.1) is 0 Å². The third kappa shape index (κ3) is 6.29. The minimum atomic E-state index is -3.66. The van der Waals surface area contributed by atoms with Crippen molar-refractivity contribution in [2.24, 2.45) is 0 Å². The van der Waals surface area contributed by atoms with Crippen LogP contribution in [0.3, 0.4) is 0 Å². The van der Waals surface area contributed by atoms with Gasteiger partial charge in [-0.2, -0.15) is 0 Å². The molecular formula is C23H23FN2O4S. The number of benzene rings is 3. The maximum atomic E-state index is 14.0. The molecule has 0 unspecified atom stereocenters. The highest BCUT2D eigenvalue weighted by atomic mass is 32.2. The fraction of sp³-hybridized carbons (Fsp3) is 0.174. The Labute approximate surface area is 181 Å². The van der Waals surface area contributed by atoms with E-state index in [1.165, 1.54) is 36.4 Å². The van der Waals surface area contributed by atoms with Crippen LogP contribution in [-0.2, 0) is 16.6 Å². The molecule has 0 saturated carbocycles. The largest absolute Gasteiger partial charge is 0.492 e. The number of amides is 1. The third-order valence-corrected chi connectivity index (χ3v) is 5.63. The van der Waals surface area contributed by atoms with Gasteiger partial charge < -0.3 is 10.1 Å². The minimum Gasteiger partial charge on any atom is -0.492 e. The number of halogens is 1. The molecule has 1 N–H and O–H groups in total. The van der Waals surface area contributed by atoms with Crippen LogP contribution in [0, 0.1) is 5.82 Å². The summed E-state index contributed by atoms with van der Waals surface area (Å²) in [6.07, 6.45) is 1.06. The molecule has 0 aliphatic heterocycles. The Morgan fingerprint density at radius 1 is 0.968 bits per heavy atom. The average Bonchev–Trinajstić information content (AvgIpc) is 2.76. The highest BCUT2D eigenvalue weighted by molar-refractivity contribution is 7.92. The zero-order valence-corrected chi connectivity index (χ0v) is 17.8. The fourth-order valence-corrected chi connectivity index (χ4v) is 3.79. The van der Waals surface area contributed by atoms with E-state index in [-0.39, 0.29) is 18.0 Å². The molecule has 0 aliphatic carbocycles. The predicted octanol–water partition coefficient (Wildman–Crippen LogP) is 3.60. The average molecular weight is 443 g/mol. The zero-order chi connectivity index (χ0) is 22.3. The molecule has 1 amide bonds. The summed E-state index contributed by atoms with van der Waals surface area (Å²) in [5.74, 6) is -0.0649. The van der Waals surface area contributed by atoms with Gasteiger partial charge in [-0.3, -0.25) is 9.10 Å². The molecule has 3 rings (SSSR count). The number of nitrogens with one attached hydrogen (secondary N) is 1. The van der Waals surface area contributed by atoms with Gasteiger partial charge in [-0.05, 0) is 42.5 Å². The van der Waals surface area contributed by atoms with Gasteiger partial charge in [-0.25, -0.2) is 12.8 Å². The lowest BCUT2D eigenvalue weighted by Crippen LogP contribution is -2.30. The van der Waals surface area contributed by atoms with Crippen molar-refractivity contribution in [2.75, 3.05) is 23.7 Å². The van der Waals surface area contributed by atoms with Crippen molar-refractivity contribution < 1.29 is 22.3 Å². The summed E-state index contributed by atoms with van der Waals surface area (Å²) in [6, 6.07) is 21.4. The Morgan fingerprint density at radius 3 is 2.26 bits per heavy atom. The van der Waals surface area contributed by atoms with Crippen molar-refractivity contribution in [3.63, 3.8) is 0 Å². The van der Waals surface area contributed by atoms with Crippen LogP contribution < -0.4 is 14.4 Å². The molecule has 0 spiro atoms. The Kier molecular flexibility index (Phi) is 7.25. The molecule has 0 heterocycles. The van der Waals surface area contributed by atoms with Crippen LogP contribution >= 0.6 is 0 Å². The first kappa shape index (κ1) is 22.3. The summed E-state index contributed by atoms with van der Waals surface area (Å²) in [4.78, 5) is 12.3. The highest BCUT2D eigenvalue weighted by Crippen LogP contribution is 2.22. The van der Waals surface area contributed by atoms with Crippen molar-refractivity contribution in [3.8, 4) is 5.75 Å². The third-order valence-electron chi connectivity index (χ3n) is 4.49. The molecule has 0 aliphatic rings. The quantitative estimate of drug-likeness (QED) is 0.514. The van der Waals surface area contributed by atoms with E-state index in [0.29, 0.717) is 24.4 Å². The van der Waals surface area contributed by atoms with Crippen LogP contribution in [0.5, 0.6) is 5.75 Å². The van der Waals surface area contributed by atoms with Gasteiger partial charge in [0.1, 0.15) is 18.2 Å². The Morgan fingerprint density at radius 2 is 1.61 bits per heavy atom. The summed E-state index contributed by atoms with van der Waals surface area (Å²) >= 11 is 0. The monoisotopic (exact) mass is 442 g/mol. The predicted molar refractivity (Wildman–Crippen MR) is 118 cm³/mol. The molecular weight excluding hydrogens is 419 g/mol. The van der Waals surface area contributed by atoms with E-state index in [0.717, 1.165) is 16.3 Å². The van der Waals surface area contributed by atoms with E-state index in [1.54, 1.807) is 12.1 Å². The number of sulfonamides is 1. The molecule has 0 bridgehead atoms. The molecule has 162 valence electrons. The van der Waals surface area contributed by atoms with E-state index in [1.807, 2.05) is 30.3 Å². The van der Waals surface area contributed by atoms with Crippen LogP contribution in [0.15, 0.2) is 78.9 Å². The Hall–Kier alpha value is -3.39. The van der Waals surface area contributed by atoms with Crippen LogP contribution in [0.25, 0.3) is 0 Å². The number of anilines is 1. The number of hydrogen-bond acceptors (Lipinski definition) is 4. The SMILES string of the molecule is CS(=O)(=O)N(Cc1ccccc1F)c1ccc(C(=O)NCCOc2ccccc2)cc1. The first-order valence-corrected chi connectivity index (χ1v) is 11.5. The molecule has 6 nitrogen and oxygen atoms in total. The maximum absolute atomic E-state index is 14.0. The topological polar surface area (TPSA) is 75.7 Å². The number of para-hydroxylation sites is 1. The molecule has 3 aromatic rings. The van der Waals surface area contributed by atoms with Gasteiger partial charge in [0.25, 0.3) is 5.91 Å². The van der Waals surface area contributed by atoms with Gasteiger partial charge in [-0.1, -0.05) is 36.4 Å². The zero-order valence-electron chi connectivity index (χ0n) is 17.0.